The lowest BCUT2D eigenvalue weighted by Gasteiger charge is -2.35. The molecule has 0 radical (unpaired) electrons. The van der Waals surface area contributed by atoms with Gasteiger partial charge in [0, 0.05) is 22.1 Å². The van der Waals surface area contributed by atoms with Crippen LogP contribution < -0.4 is 9.62 Å². The Kier molecular flexibility index (Phi) is 11.0. The molecule has 0 heterocycles. The maximum atomic E-state index is 14.1. The largest absolute Gasteiger partial charge is 0.350 e. The average Bonchev–Trinajstić information content (AvgIpc) is 2.87. The first-order chi connectivity index (χ1) is 19.1. The molecule has 12 heteroatoms. The second-order valence-corrected chi connectivity index (χ2v) is 13.9. The zero-order valence-electron chi connectivity index (χ0n) is 23.0. The van der Waals surface area contributed by atoms with Crippen LogP contribution in [0.4, 0.5) is 5.69 Å². The molecule has 3 aromatic rings. The van der Waals surface area contributed by atoms with E-state index in [1.807, 2.05) is 20.8 Å². The molecule has 0 fully saturated rings. The summed E-state index contributed by atoms with van der Waals surface area (Å²) in [5.41, 5.74) is 0.141. The first-order valence-corrected chi connectivity index (χ1v) is 15.7. The number of carbonyl (C=O) groups is 2. The van der Waals surface area contributed by atoms with Gasteiger partial charge in [0.05, 0.1) is 20.6 Å². The van der Waals surface area contributed by atoms with Crippen LogP contribution >= 0.6 is 46.4 Å². The lowest BCUT2D eigenvalue weighted by atomic mass is 10.1. The van der Waals surface area contributed by atoms with Crippen LogP contribution in [-0.4, -0.2) is 43.3 Å². The lowest BCUT2D eigenvalue weighted by molar-refractivity contribution is -0.141. The molecule has 0 aromatic heterocycles. The minimum Gasteiger partial charge on any atom is -0.350 e. The molecule has 3 aromatic carbocycles. The quantitative estimate of drug-likeness (QED) is 0.249. The summed E-state index contributed by atoms with van der Waals surface area (Å²) in [5, 5.41) is 3.92. The lowest BCUT2D eigenvalue weighted by Crippen LogP contribution is -2.55. The van der Waals surface area contributed by atoms with Crippen LogP contribution in [0.5, 0.6) is 0 Å². The number of nitrogens with one attached hydrogen (secondary N) is 1. The Labute approximate surface area is 261 Å². The highest BCUT2D eigenvalue weighted by Gasteiger charge is 2.34. The summed E-state index contributed by atoms with van der Waals surface area (Å²) in [4.78, 5) is 28.8. The minimum absolute atomic E-state index is 0.0265. The van der Waals surface area contributed by atoms with Gasteiger partial charge in [0.15, 0.2) is 0 Å². The molecular formula is C29H31Cl4N3O4S. The third-order valence-electron chi connectivity index (χ3n) is 5.97. The van der Waals surface area contributed by atoms with Gasteiger partial charge < -0.3 is 10.2 Å². The van der Waals surface area contributed by atoms with Gasteiger partial charge in [0.2, 0.25) is 11.8 Å². The van der Waals surface area contributed by atoms with Crippen molar-refractivity contribution in [2.24, 2.45) is 0 Å². The molecule has 3 rings (SSSR count). The number of hydrogen-bond acceptors (Lipinski definition) is 4. The molecule has 0 unspecified atom stereocenters. The number of anilines is 1. The molecule has 0 spiro atoms. The number of hydrogen-bond donors (Lipinski definition) is 1. The van der Waals surface area contributed by atoms with Crippen LogP contribution in [0.1, 0.15) is 39.7 Å². The number of sulfonamides is 1. The van der Waals surface area contributed by atoms with Crippen molar-refractivity contribution in [3.63, 3.8) is 0 Å². The maximum absolute atomic E-state index is 14.1. The summed E-state index contributed by atoms with van der Waals surface area (Å²) in [7, 11) is -4.25. The van der Waals surface area contributed by atoms with Gasteiger partial charge in [-0.1, -0.05) is 77.6 Å². The van der Waals surface area contributed by atoms with E-state index < -0.39 is 34.1 Å². The molecular weight excluding hydrogens is 628 g/mol. The molecule has 220 valence electrons. The van der Waals surface area contributed by atoms with E-state index in [0.717, 1.165) is 4.31 Å². The number of carbonyl (C=O) groups excluding carboxylic acids is 2. The second-order valence-electron chi connectivity index (χ2n) is 10.4. The Morgan fingerprint density at radius 2 is 1.49 bits per heavy atom. The minimum atomic E-state index is -4.25. The van der Waals surface area contributed by atoms with Gasteiger partial charge in [-0.05, 0) is 75.2 Å². The Bertz CT molecular complexity index is 1490. The van der Waals surface area contributed by atoms with Crippen LogP contribution in [0.3, 0.4) is 0 Å². The molecule has 7 nitrogen and oxygen atoms in total. The summed E-state index contributed by atoms with van der Waals surface area (Å²) in [5.74, 6) is -1.00. The van der Waals surface area contributed by atoms with E-state index in [2.05, 4.69) is 5.32 Å². The van der Waals surface area contributed by atoms with E-state index in [9.17, 15) is 18.0 Å². The highest BCUT2D eigenvalue weighted by atomic mass is 35.5. The highest BCUT2D eigenvalue weighted by Crippen LogP contribution is 2.30. The van der Waals surface area contributed by atoms with E-state index in [0.29, 0.717) is 10.6 Å². The van der Waals surface area contributed by atoms with E-state index in [-0.39, 0.29) is 44.5 Å². The maximum Gasteiger partial charge on any atom is 0.264 e. The van der Waals surface area contributed by atoms with Crippen LogP contribution in [0, 0.1) is 0 Å². The van der Waals surface area contributed by atoms with E-state index in [1.54, 1.807) is 43.3 Å². The van der Waals surface area contributed by atoms with Crippen molar-refractivity contribution in [3.05, 3.63) is 92.4 Å². The van der Waals surface area contributed by atoms with Crippen molar-refractivity contribution in [2.75, 3.05) is 10.8 Å². The van der Waals surface area contributed by atoms with Crippen LogP contribution in [-0.2, 0) is 26.2 Å². The van der Waals surface area contributed by atoms with Gasteiger partial charge in [-0.3, -0.25) is 13.9 Å². The monoisotopic (exact) mass is 657 g/mol. The van der Waals surface area contributed by atoms with Crippen molar-refractivity contribution in [2.45, 2.75) is 57.1 Å². The van der Waals surface area contributed by atoms with Crippen LogP contribution in [0.15, 0.2) is 71.6 Å². The van der Waals surface area contributed by atoms with E-state index in [1.165, 1.54) is 35.2 Å². The first kappa shape index (κ1) is 33.0. The van der Waals surface area contributed by atoms with Crippen molar-refractivity contribution >= 4 is 73.9 Å². The highest BCUT2D eigenvalue weighted by molar-refractivity contribution is 7.92. The molecule has 0 aliphatic carbocycles. The first-order valence-electron chi connectivity index (χ1n) is 12.7. The van der Waals surface area contributed by atoms with Gasteiger partial charge in [-0.15, -0.1) is 0 Å². The zero-order chi connectivity index (χ0) is 30.5. The summed E-state index contributed by atoms with van der Waals surface area (Å²) < 4.78 is 28.7. The van der Waals surface area contributed by atoms with Crippen molar-refractivity contribution in [1.82, 2.24) is 10.2 Å². The number of rotatable bonds is 10. The third kappa shape index (κ3) is 8.75. The van der Waals surface area contributed by atoms with Crippen molar-refractivity contribution in [3.8, 4) is 0 Å². The normalized spacial score (nSPS) is 12.5. The summed E-state index contributed by atoms with van der Waals surface area (Å²) in [6, 6.07) is 16.0. The molecule has 0 saturated heterocycles. The van der Waals surface area contributed by atoms with Crippen molar-refractivity contribution in [1.29, 1.82) is 0 Å². The second kappa shape index (κ2) is 13.7. The predicted molar refractivity (Wildman–Crippen MR) is 166 cm³/mol. The van der Waals surface area contributed by atoms with Gasteiger partial charge in [0.25, 0.3) is 10.0 Å². The zero-order valence-corrected chi connectivity index (χ0v) is 26.8. The third-order valence-corrected chi connectivity index (χ3v) is 8.93. The van der Waals surface area contributed by atoms with Crippen LogP contribution in [0.2, 0.25) is 20.1 Å². The fraction of sp³-hybridized carbons (Fsp3) is 0.310. The van der Waals surface area contributed by atoms with E-state index in [4.69, 9.17) is 46.4 Å². The molecule has 0 saturated carbocycles. The summed E-state index contributed by atoms with van der Waals surface area (Å²) in [6.07, 6.45) is 0.267. The Hall–Kier alpha value is -2.49. The smallest absolute Gasteiger partial charge is 0.264 e. The fourth-order valence-electron chi connectivity index (χ4n) is 4.14. The van der Waals surface area contributed by atoms with Crippen molar-refractivity contribution < 1.29 is 18.0 Å². The number of amides is 2. The summed E-state index contributed by atoms with van der Waals surface area (Å²) in [6.45, 7) is 6.62. The van der Waals surface area contributed by atoms with E-state index >= 15 is 0 Å². The van der Waals surface area contributed by atoms with Gasteiger partial charge in [-0.2, -0.15) is 0 Å². The van der Waals surface area contributed by atoms with Gasteiger partial charge in [-0.25, -0.2) is 8.42 Å². The number of halogens is 4. The molecule has 0 bridgehead atoms. The Balaban J connectivity index is 2.11. The fourth-order valence-corrected chi connectivity index (χ4v) is 6.39. The molecule has 1 N–H and O–H groups in total. The Morgan fingerprint density at radius 1 is 0.878 bits per heavy atom. The number of nitrogens with zero attached hydrogens (tertiary/aromatic N) is 2. The Morgan fingerprint density at radius 3 is 2.02 bits per heavy atom. The molecule has 41 heavy (non-hydrogen) atoms. The summed E-state index contributed by atoms with van der Waals surface area (Å²) >= 11 is 24.8. The average molecular weight is 659 g/mol. The van der Waals surface area contributed by atoms with Gasteiger partial charge in [0.1, 0.15) is 12.6 Å². The van der Waals surface area contributed by atoms with Crippen LogP contribution in [0.25, 0.3) is 0 Å². The predicted octanol–water partition coefficient (Wildman–Crippen LogP) is 7.22. The number of benzene rings is 3. The molecule has 1 atom stereocenters. The molecule has 0 aliphatic rings. The molecule has 0 aliphatic heterocycles. The van der Waals surface area contributed by atoms with Gasteiger partial charge >= 0.3 is 0 Å². The SMILES string of the molecule is CC[C@H](C(=O)NC(C)(C)C)N(Cc1ccc(Cl)c(Cl)c1)C(=O)CN(c1cc(Cl)cc(Cl)c1)S(=O)(=O)c1ccccc1. The topological polar surface area (TPSA) is 86.8 Å². The molecule has 2 amide bonds. The standard InChI is InChI=1S/C29H31Cl4N3O4S/c1-5-26(28(38)34-29(2,3)4)35(17-19-11-12-24(32)25(33)13-19)27(37)18-36(22-15-20(30)14-21(31)16-22)41(39,40)23-9-7-6-8-10-23/h6-16,26H,5,17-18H2,1-4H3,(H,34,38)/t26-/m1/s1.